The molecule has 4 nitrogen and oxygen atoms in total. The summed E-state index contributed by atoms with van der Waals surface area (Å²) in [6, 6.07) is 0. The highest BCUT2D eigenvalue weighted by atomic mass is 79.9. The van der Waals surface area contributed by atoms with Crippen LogP contribution in [0.1, 0.15) is 46.1 Å². The first-order valence-electron chi connectivity index (χ1n) is 5.76. The minimum Gasteiger partial charge on any atom is -0.463 e. The highest BCUT2D eigenvalue weighted by molar-refractivity contribution is 9.26. The van der Waals surface area contributed by atoms with Crippen molar-refractivity contribution in [2.24, 2.45) is 5.41 Å². The van der Waals surface area contributed by atoms with Crippen LogP contribution >= 0.6 is 31.9 Å². The molecule has 0 radical (unpaired) electrons. The van der Waals surface area contributed by atoms with Gasteiger partial charge in [-0.2, -0.15) is 0 Å². The molecule has 0 bridgehead atoms. The van der Waals surface area contributed by atoms with Gasteiger partial charge in [0.25, 0.3) is 0 Å². The van der Waals surface area contributed by atoms with Gasteiger partial charge in [0.15, 0.2) is 5.78 Å². The minimum atomic E-state index is -0.859. The number of rotatable bonds is 1. The number of esters is 1. The van der Waals surface area contributed by atoms with Crippen LogP contribution in [0.15, 0.2) is 4.42 Å². The van der Waals surface area contributed by atoms with Crippen molar-refractivity contribution in [1.29, 1.82) is 0 Å². The van der Waals surface area contributed by atoms with Crippen LogP contribution in [0.5, 0.6) is 0 Å². The van der Waals surface area contributed by atoms with Gasteiger partial charge in [-0.15, -0.1) is 0 Å². The number of hydrogen-bond donors (Lipinski definition) is 0. The van der Waals surface area contributed by atoms with Crippen molar-refractivity contribution in [1.82, 2.24) is 0 Å². The van der Waals surface area contributed by atoms with Crippen LogP contribution in [0.25, 0.3) is 0 Å². The average molecular weight is 394 g/mol. The summed E-state index contributed by atoms with van der Waals surface area (Å²) < 4.78 is 9.36. The van der Waals surface area contributed by atoms with E-state index in [9.17, 15) is 9.59 Å². The van der Waals surface area contributed by atoms with E-state index in [0.717, 1.165) is 0 Å². The van der Waals surface area contributed by atoms with E-state index in [2.05, 4.69) is 36.6 Å². The van der Waals surface area contributed by atoms with Gasteiger partial charge in [-0.3, -0.25) is 4.79 Å². The van der Waals surface area contributed by atoms with E-state index in [-0.39, 0.29) is 17.0 Å². The van der Waals surface area contributed by atoms with Crippen molar-refractivity contribution in [3.05, 3.63) is 22.6 Å². The third kappa shape index (κ3) is 2.00. The van der Waals surface area contributed by atoms with Crippen LogP contribution in [-0.4, -0.2) is 22.1 Å². The Labute approximate surface area is 128 Å². The van der Waals surface area contributed by atoms with Gasteiger partial charge in [0.1, 0.15) is 8.99 Å². The number of fused-ring (bicyclic) bond motifs is 1. The van der Waals surface area contributed by atoms with Gasteiger partial charge in [-0.25, -0.2) is 4.79 Å². The van der Waals surface area contributed by atoms with Crippen LogP contribution in [0.3, 0.4) is 0 Å². The molecule has 0 aliphatic heterocycles. The van der Waals surface area contributed by atoms with E-state index in [1.54, 1.807) is 6.92 Å². The van der Waals surface area contributed by atoms with Crippen LogP contribution in [0.4, 0.5) is 0 Å². The molecule has 1 aliphatic rings. The molecule has 104 valence electrons. The van der Waals surface area contributed by atoms with Gasteiger partial charge >= 0.3 is 5.97 Å². The predicted octanol–water partition coefficient (Wildman–Crippen LogP) is 3.63. The lowest BCUT2D eigenvalue weighted by atomic mass is 9.75. The van der Waals surface area contributed by atoms with Gasteiger partial charge in [-0.1, -0.05) is 45.7 Å². The largest absolute Gasteiger partial charge is 0.463 e. The highest BCUT2D eigenvalue weighted by Gasteiger charge is 2.54. The van der Waals surface area contributed by atoms with Crippen LogP contribution < -0.4 is 0 Å². The molecule has 6 heteroatoms. The van der Waals surface area contributed by atoms with Crippen molar-refractivity contribution in [3.63, 3.8) is 0 Å². The Kier molecular flexibility index (Phi) is 3.46. The molecule has 0 amide bonds. The molecule has 2 rings (SSSR count). The van der Waals surface area contributed by atoms with Gasteiger partial charge in [0.2, 0.25) is 5.76 Å². The second kappa shape index (κ2) is 4.45. The number of carbonyl (C=O) groups excluding carboxylic acids is 2. The quantitative estimate of drug-likeness (QED) is 0.540. The molecule has 0 fully saturated rings. The summed E-state index contributed by atoms with van der Waals surface area (Å²) >= 11 is 6.91. The zero-order valence-corrected chi connectivity index (χ0v) is 14.3. The first kappa shape index (κ1) is 14.8. The first-order valence-corrected chi connectivity index (χ1v) is 7.35. The molecule has 0 saturated heterocycles. The van der Waals surface area contributed by atoms with Gasteiger partial charge < -0.3 is 9.15 Å². The molecule has 19 heavy (non-hydrogen) atoms. The maximum Gasteiger partial charge on any atom is 0.374 e. The third-order valence-electron chi connectivity index (χ3n) is 3.56. The molecule has 0 N–H and O–H groups in total. The maximum absolute atomic E-state index is 12.6. The number of carbonyl (C=O) groups is 2. The van der Waals surface area contributed by atoms with E-state index in [1.165, 1.54) is 7.11 Å². The molecular formula is C13H14Br2O4. The summed E-state index contributed by atoms with van der Waals surface area (Å²) in [5, 5.41) is 0. The summed E-state index contributed by atoms with van der Waals surface area (Å²) in [4.78, 5) is 24.2. The number of ketones is 1. The Morgan fingerprint density at radius 2 is 1.95 bits per heavy atom. The van der Waals surface area contributed by atoms with Crippen molar-refractivity contribution in [3.8, 4) is 0 Å². The molecule has 0 saturated carbocycles. The molecular weight excluding hydrogens is 380 g/mol. The fourth-order valence-corrected chi connectivity index (χ4v) is 2.94. The van der Waals surface area contributed by atoms with Crippen molar-refractivity contribution < 1.29 is 18.7 Å². The Bertz CT molecular complexity index is 569. The molecule has 1 heterocycles. The number of ether oxygens (including phenoxy) is 1. The van der Waals surface area contributed by atoms with E-state index in [4.69, 9.17) is 4.42 Å². The fourth-order valence-electron chi connectivity index (χ4n) is 2.26. The summed E-state index contributed by atoms with van der Waals surface area (Å²) in [5.74, 6) is -0.0424. The summed E-state index contributed by atoms with van der Waals surface area (Å²) in [6.45, 7) is 5.60. The lowest BCUT2D eigenvalue weighted by Crippen LogP contribution is -2.46. The molecule has 0 spiro atoms. The Hall–Kier alpha value is -0.620. The lowest BCUT2D eigenvalue weighted by Gasteiger charge is -2.39. The van der Waals surface area contributed by atoms with E-state index < -0.39 is 9.20 Å². The normalized spacial score (nSPS) is 20.0. The second-order valence-electron chi connectivity index (χ2n) is 5.31. The molecule has 1 aromatic rings. The monoisotopic (exact) mass is 392 g/mol. The minimum absolute atomic E-state index is 0.106. The number of furan rings is 1. The number of halogens is 2. The molecule has 1 aliphatic carbocycles. The van der Waals surface area contributed by atoms with Crippen LogP contribution in [0.2, 0.25) is 0 Å². The fraction of sp³-hybridized carbons (Fsp3) is 0.538. The number of hydrogen-bond acceptors (Lipinski definition) is 4. The standard InChI is InChI=1S/C13H14Br2O4/c1-6-8-7(19-9(6)11(17)18-4)5-12(2,3)13(14,15)10(8)16/h5H2,1-4H3. The highest BCUT2D eigenvalue weighted by Crippen LogP contribution is 2.53. The molecule has 0 aromatic carbocycles. The van der Waals surface area contributed by atoms with Gasteiger partial charge in [0, 0.05) is 17.4 Å². The van der Waals surface area contributed by atoms with E-state index in [1.807, 2.05) is 13.8 Å². The maximum atomic E-state index is 12.6. The zero-order valence-electron chi connectivity index (χ0n) is 11.1. The van der Waals surface area contributed by atoms with Gasteiger partial charge in [-0.05, 0) is 6.92 Å². The Morgan fingerprint density at radius 1 is 1.37 bits per heavy atom. The summed E-state index contributed by atoms with van der Waals surface area (Å²) in [7, 11) is 1.29. The molecule has 0 atom stereocenters. The predicted molar refractivity (Wildman–Crippen MR) is 77.2 cm³/mol. The Morgan fingerprint density at radius 3 is 2.47 bits per heavy atom. The van der Waals surface area contributed by atoms with Crippen LogP contribution in [-0.2, 0) is 11.2 Å². The summed E-state index contributed by atoms with van der Waals surface area (Å²) in [5.41, 5.74) is 0.619. The zero-order chi connectivity index (χ0) is 14.6. The van der Waals surface area contributed by atoms with Crippen molar-refractivity contribution >= 4 is 43.6 Å². The number of alkyl halides is 2. The summed E-state index contributed by atoms with van der Waals surface area (Å²) in [6.07, 6.45) is 0.544. The number of methoxy groups -OCH3 is 1. The average Bonchev–Trinajstić information content (AvgIpc) is 2.62. The third-order valence-corrected chi connectivity index (χ3v) is 6.42. The second-order valence-corrected chi connectivity index (χ2v) is 8.75. The first-order chi connectivity index (χ1) is 8.63. The van der Waals surface area contributed by atoms with E-state index in [0.29, 0.717) is 23.3 Å². The Balaban J connectivity index is 2.64. The number of Topliss-reactive ketones (excluding diaryl/α,β-unsaturated/α-hetero) is 1. The smallest absolute Gasteiger partial charge is 0.374 e. The van der Waals surface area contributed by atoms with Gasteiger partial charge in [0.05, 0.1) is 12.7 Å². The van der Waals surface area contributed by atoms with Crippen LogP contribution in [0, 0.1) is 12.3 Å². The van der Waals surface area contributed by atoms with Crippen molar-refractivity contribution in [2.75, 3.05) is 7.11 Å². The molecule has 1 aromatic heterocycles. The van der Waals surface area contributed by atoms with Crippen molar-refractivity contribution in [2.45, 2.75) is 30.4 Å². The SMILES string of the molecule is COC(=O)c1oc2c(c1C)C(=O)C(Br)(Br)C(C)(C)C2. The molecule has 0 unspecified atom stereocenters. The lowest BCUT2D eigenvalue weighted by molar-refractivity contribution is 0.0559. The topological polar surface area (TPSA) is 56.5 Å². The van der Waals surface area contributed by atoms with E-state index >= 15 is 0 Å².